The van der Waals surface area contributed by atoms with Gasteiger partial charge in [-0.3, -0.25) is 4.79 Å². The summed E-state index contributed by atoms with van der Waals surface area (Å²) >= 11 is 1.40. The van der Waals surface area contributed by atoms with Gasteiger partial charge in [-0.05, 0) is 30.3 Å². The van der Waals surface area contributed by atoms with Gasteiger partial charge in [-0.2, -0.15) is 0 Å². The molecule has 1 aliphatic heterocycles. The fourth-order valence-electron chi connectivity index (χ4n) is 2.75. The number of carbonyl (C=O) groups is 1. The molecule has 1 atom stereocenters. The Balaban J connectivity index is 1.94. The van der Waals surface area contributed by atoms with Gasteiger partial charge in [0.15, 0.2) is 5.78 Å². The van der Waals surface area contributed by atoms with E-state index >= 15 is 0 Å². The van der Waals surface area contributed by atoms with Crippen molar-refractivity contribution in [3.63, 3.8) is 0 Å². The third kappa shape index (κ3) is 1.99. The molecule has 0 spiro atoms. The Morgan fingerprint density at radius 1 is 0.955 bits per heavy atom. The van der Waals surface area contributed by atoms with E-state index in [0.717, 1.165) is 10.6 Å². The summed E-state index contributed by atoms with van der Waals surface area (Å²) in [5, 5.41) is -0.571. The number of halogens is 1. The van der Waals surface area contributed by atoms with E-state index in [-0.39, 0.29) is 11.6 Å². The molecular formula is C18H12FNOS. The first-order chi connectivity index (χ1) is 10.8. The van der Waals surface area contributed by atoms with E-state index in [1.165, 1.54) is 17.8 Å². The molecule has 4 heteroatoms. The average molecular weight is 309 g/mol. The lowest BCUT2D eigenvalue weighted by Crippen LogP contribution is -2.12. The Labute approximate surface area is 131 Å². The minimum Gasteiger partial charge on any atom is -0.313 e. The standard InChI is InChI=1S/C18H12FNOS/c19-13-7-2-1-6-12(13)18-17(21)15-9-5-11-20(15)14-8-3-4-10-16(14)22-18/h1-11,18H/t18-/m1/s1. The molecule has 0 radical (unpaired) electrons. The molecule has 4 rings (SSSR count). The van der Waals surface area contributed by atoms with Crippen molar-refractivity contribution in [2.24, 2.45) is 0 Å². The van der Waals surface area contributed by atoms with E-state index in [1.807, 2.05) is 41.1 Å². The van der Waals surface area contributed by atoms with Crippen LogP contribution in [0.25, 0.3) is 5.69 Å². The van der Waals surface area contributed by atoms with Crippen molar-refractivity contribution in [3.05, 3.63) is 83.9 Å². The lowest BCUT2D eigenvalue weighted by Gasteiger charge is -2.14. The molecule has 0 saturated carbocycles. The van der Waals surface area contributed by atoms with Crippen LogP contribution in [0.4, 0.5) is 4.39 Å². The molecule has 108 valence electrons. The lowest BCUT2D eigenvalue weighted by molar-refractivity contribution is 0.0982. The first-order valence-corrected chi connectivity index (χ1v) is 7.86. The zero-order valence-corrected chi connectivity index (χ0v) is 12.4. The number of hydrogen-bond donors (Lipinski definition) is 0. The lowest BCUT2D eigenvalue weighted by atomic mass is 10.1. The Morgan fingerprint density at radius 2 is 1.73 bits per heavy atom. The fourth-order valence-corrected chi connectivity index (χ4v) is 4.00. The van der Waals surface area contributed by atoms with Crippen LogP contribution in [0.3, 0.4) is 0 Å². The third-order valence-corrected chi connectivity index (χ3v) is 5.10. The number of fused-ring (bicyclic) bond motifs is 3. The quantitative estimate of drug-likeness (QED) is 0.653. The highest BCUT2D eigenvalue weighted by Crippen LogP contribution is 2.44. The summed E-state index contributed by atoms with van der Waals surface area (Å²) in [6.45, 7) is 0. The SMILES string of the molecule is O=C1c2cccn2-c2ccccc2S[C@@H]1c1ccccc1F. The molecule has 2 aromatic carbocycles. The predicted molar refractivity (Wildman–Crippen MR) is 85.1 cm³/mol. The second-order valence-corrected chi connectivity index (χ2v) is 6.26. The summed E-state index contributed by atoms with van der Waals surface area (Å²) in [6.07, 6.45) is 1.87. The second-order valence-electron chi connectivity index (χ2n) is 5.11. The summed E-state index contributed by atoms with van der Waals surface area (Å²) in [5.74, 6) is -0.415. The van der Waals surface area contributed by atoms with Crippen molar-refractivity contribution < 1.29 is 9.18 Å². The molecule has 3 aromatic rings. The van der Waals surface area contributed by atoms with E-state index in [4.69, 9.17) is 0 Å². The van der Waals surface area contributed by atoms with Gasteiger partial charge in [0, 0.05) is 16.7 Å². The Kier molecular flexibility index (Phi) is 3.12. The summed E-state index contributed by atoms with van der Waals surface area (Å²) < 4.78 is 16.1. The van der Waals surface area contributed by atoms with Gasteiger partial charge in [0.2, 0.25) is 0 Å². The highest BCUT2D eigenvalue weighted by Gasteiger charge is 2.31. The zero-order valence-electron chi connectivity index (χ0n) is 11.6. The van der Waals surface area contributed by atoms with Crippen LogP contribution in [0.1, 0.15) is 21.3 Å². The van der Waals surface area contributed by atoms with Gasteiger partial charge >= 0.3 is 0 Å². The largest absolute Gasteiger partial charge is 0.313 e. The molecule has 0 N–H and O–H groups in total. The number of Topliss-reactive ketones (excluding diaryl/α,β-unsaturated/α-hetero) is 1. The van der Waals surface area contributed by atoms with Crippen molar-refractivity contribution in [2.75, 3.05) is 0 Å². The van der Waals surface area contributed by atoms with Gasteiger partial charge in [0.25, 0.3) is 0 Å². The number of benzene rings is 2. The summed E-state index contributed by atoms with van der Waals surface area (Å²) in [4.78, 5) is 13.9. The van der Waals surface area contributed by atoms with Crippen LogP contribution in [-0.4, -0.2) is 10.4 Å². The number of ketones is 1. The topological polar surface area (TPSA) is 22.0 Å². The fraction of sp³-hybridized carbons (Fsp3) is 0.0556. The van der Waals surface area contributed by atoms with Gasteiger partial charge in [0.05, 0.1) is 11.4 Å². The number of rotatable bonds is 1. The molecule has 1 aliphatic rings. The number of carbonyl (C=O) groups excluding carboxylic acids is 1. The second kappa shape index (κ2) is 5.14. The molecule has 0 amide bonds. The van der Waals surface area contributed by atoms with Gasteiger partial charge in [-0.25, -0.2) is 4.39 Å². The smallest absolute Gasteiger partial charge is 0.197 e. The average Bonchev–Trinajstić information content (AvgIpc) is 2.99. The molecule has 0 aliphatic carbocycles. The zero-order chi connectivity index (χ0) is 15.1. The molecule has 0 fully saturated rings. The first kappa shape index (κ1) is 13.3. The van der Waals surface area contributed by atoms with Crippen LogP contribution < -0.4 is 0 Å². The minimum absolute atomic E-state index is 0.0729. The van der Waals surface area contributed by atoms with E-state index < -0.39 is 5.25 Å². The number of thioether (sulfide) groups is 1. The third-order valence-electron chi connectivity index (χ3n) is 3.80. The number of para-hydroxylation sites is 1. The van der Waals surface area contributed by atoms with E-state index in [0.29, 0.717) is 11.3 Å². The summed E-state index contributed by atoms with van der Waals surface area (Å²) in [6, 6.07) is 17.9. The maximum atomic E-state index is 14.2. The maximum Gasteiger partial charge on any atom is 0.197 e. The van der Waals surface area contributed by atoms with E-state index in [2.05, 4.69) is 0 Å². The van der Waals surface area contributed by atoms with Crippen molar-refractivity contribution in [2.45, 2.75) is 10.1 Å². The monoisotopic (exact) mass is 309 g/mol. The van der Waals surface area contributed by atoms with Gasteiger partial charge in [0.1, 0.15) is 11.1 Å². The Bertz CT molecular complexity index is 871. The number of aromatic nitrogens is 1. The molecule has 0 saturated heterocycles. The maximum absolute atomic E-state index is 14.2. The summed E-state index contributed by atoms with van der Waals surface area (Å²) in [7, 11) is 0. The Hall–Kier alpha value is -2.33. The molecule has 2 nitrogen and oxygen atoms in total. The van der Waals surface area contributed by atoms with Gasteiger partial charge in [-0.1, -0.05) is 30.3 Å². The normalized spacial score (nSPS) is 16.8. The van der Waals surface area contributed by atoms with Crippen molar-refractivity contribution in [1.82, 2.24) is 4.57 Å². The highest BCUT2D eigenvalue weighted by atomic mass is 32.2. The molecule has 0 unspecified atom stereocenters. The number of hydrogen-bond acceptors (Lipinski definition) is 2. The van der Waals surface area contributed by atoms with Crippen LogP contribution in [0.2, 0.25) is 0 Å². The van der Waals surface area contributed by atoms with Crippen LogP contribution in [-0.2, 0) is 0 Å². The van der Waals surface area contributed by atoms with Crippen LogP contribution in [0.15, 0.2) is 71.8 Å². The molecular weight excluding hydrogens is 297 g/mol. The van der Waals surface area contributed by atoms with Crippen molar-refractivity contribution >= 4 is 17.5 Å². The number of nitrogens with zero attached hydrogens (tertiary/aromatic N) is 1. The van der Waals surface area contributed by atoms with E-state index in [9.17, 15) is 9.18 Å². The van der Waals surface area contributed by atoms with Crippen LogP contribution >= 0.6 is 11.8 Å². The van der Waals surface area contributed by atoms with Crippen LogP contribution in [0.5, 0.6) is 0 Å². The molecule has 22 heavy (non-hydrogen) atoms. The van der Waals surface area contributed by atoms with Gasteiger partial charge < -0.3 is 4.57 Å². The van der Waals surface area contributed by atoms with Crippen molar-refractivity contribution in [3.8, 4) is 5.69 Å². The highest BCUT2D eigenvalue weighted by molar-refractivity contribution is 8.00. The Morgan fingerprint density at radius 3 is 2.59 bits per heavy atom. The summed E-state index contributed by atoms with van der Waals surface area (Å²) in [5.41, 5.74) is 1.98. The molecule has 1 aromatic heterocycles. The first-order valence-electron chi connectivity index (χ1n) is 6.98. The predicted octanol–water partition coefficient (Wildman–Crippen LogP) is 4.65. The van der Waals surface area contributed by atoms with E-state index in [1.54, 1.807) is 24.3 Å². The molecule has 2 heterocycles. The molecule has 0 bridgehead atoms. The van der Waals surface area contributed by atoms with Gasteiger partial charge in [-0.15, -0.1) is 11.8 Å². The van der Waals surface area contributed by atoms with Crippen molar-refractivity contribution in [1.29, 1.82) is 0 Å². The minimum atomic E-state index is -0.571. The van der Waals surface area contributed by atoms with Crippen LogP contribution in [0, 0.1) is 5.82 Å².